The maximum atomic E-state index is 14.0. The van der Waals surface area contributed by atoms with Gasteiger partial charge < -0.3 is 19.9 Å². The summed E-state index contributed by atoms with van der Waals surface area (Å²) in [7, 11) is 1.26. The third kappa shape index (κ3) is 4.34. The lowest BCUT2D eigenvalue weighted by Crippen LogP contribution is -2.42. The molecule has 0 radical (unpaired) electrons. The Morgan fingerprint density at radius 2 is 2.03 bits per heavy atom. The molecular weight excluding hydrogens is 411 g/mol. The van der Waals surface area contributed by atoms with Gasteiger partial charge in [0.2, 0.25) is 0 Å². The summed E-state index contributed by atoms with van der Waals surface area (Å²) in [5, 5.41) is 2.65. The Hall–Kier alpha value is -3.68. The largest absolute Gasteiger partial charge is 0.453 e. The summed E-state index contributed by atoms with van der Waals surface area (Å²) in [5.41, 5.74) is 2.62. The third-order valence-electron chi connectivity index (χ3n) is 5.76. The van der Waals surface area contributed by atoms with Gasteiger partial charge >= 0.3 is 6.09 Å². The number of alkyl carbamates (subject to hydrolysis) is 1. The lowest BCUT2D eigenvalue weighted by molar-refractivity contribution is -0.134. The number of carbonyl (C=O) groups is 2. The zero-order valence-corrected chi connectivity index (χ0v) is 18.0. The number of halogens is 1. The van der Waals surface area contributed by atoms with E-state index in [-0.39, 0.29) is 17.8 Å². The van der Waals surface area contributed by atoms with Gasteiger partial charge in [-0.15, -0.1) is 0 Å². The first kappa shape index (κ1) is 21.5. The third-order valence-corrected chi connectivity index (χ3v) is 5.76. The van der Waals surface area contributed by atoms with Crippen molar-refractivity contribution in [3.63, 3.8) is 0 Å². The van der Waals surface area contributed by atoms with Crippen LogP contribution in [0.3, 0.4) is 0 Å². The summed E-state index contributed by atoms with van der Waals surface area (Å²) in [6.07, 6.45) is 2.53. The molecule has 2 heterocycles. The van der Waals surface area contributed by atoms with Crippen LogP contribution >= 0.6 is 0 Å². The van der Waals surface area contributed by atoms with Crippen LogP contribution in [-0.2, 0) is 9.53 Å². The Balaban J connectivity index is 1.59. The van der Waals surface area contributed by atoms with Crippen molar-refractivity contribution in [1.82, 2.24) is 20.2 Å². The number of nitrogens with one attached hydrogen (secondary N) is 2. The van der Waals surface area contributed by atoms with Crippen molar-refractivity contribution in [3.05, 3.63) is 77.5 Å². The summed E-state index contributed by atoms with van der Waals surface area (Å²) in [6.45, 7) is 2.26. The van der Waals surface area contributed by atoms with Crippen LogP contribution in [-0.4, -0.2) is 40.5 Å². The number of H-pyrrole nitrogens is 1. The molecule has 3 aromatic rings. The second-order valence-electron chi connectivity index (χ2n) is 7.82. The fourth-order valence-electron chi connectivity index (χ4n) is 4.00. The van der Waals surface area contributed by atoms with Gasteiger partial charge in [0.1, 0.15) is 17.7 Å². The molecule has 8 heteroatoms. The van der Waals surface area contributed by atoms with Gasteiger partial charge in [0.15, 0.2) is 0 Å². The van der Waals surface area contributed by atoms with Crippen molar-refractivity contribution in [2.75, 3.05) is 13.7 Å². The smallest absolute Gasteiger partial charge is 0.407 e. The quantitative estimate of drug-likeness (QED) is 0.625. The molecule has 1 aliphatic heterocycles. The van der Waals surface area contributed by atoms with Crippen LogP contribution in [0.4, 0.5) is 9.18 Å². The molecule has 4 rings (SSSR count). The number of methoxy groups -OCH3 is 1. The van der Waals surface area contributed by atoms with Crippen LogP contribution in [0.1, 0.15) is 41.9 Å². The highest BCUT2D eigenvalue weighted by atomic mass is 19.1. The predicted octanol–water partition coefficient (Wildman–Crippen LogP) is 4.29. The highest BCUT2D eigenvalue weighted by molar-refractivity contribution is 5.87. The van der Waals surface area contributed by atoms with Crippen molar-refractivity contribution >= 4 is 12.0 Å². The van der Waals surface area contributed by atoms with E-state index in [1.54, 1.807) is 36.2 Å². The fraction of sp³-hybridized carbons (Fsp3) is 0.292. The second-order valence-corrected chi connectivity index (χ2v) is 7.82. The molecule has 2 aromatic carbocycles. The van der Waals surface area contributed by atoms with E-state index in [1.807, 2.05) is 24.3 Å². The number of rotatable bonds is 5. The Bertz CT molecular complexity index is 1120. The topological polar surface area (TPSA) is 87.3 Å². The van der Waals surface area contributed by atoms with Crippen molar-refractivity contribution < 1.29 is 18.7 Å². The van der Waals surface area contributed by atoms with E-state index in [9.17, 15) is 14.0 Å². The summed E-state index contributed by atoms with van der Waals surface area (Å²) in [4.78, 5) is 34.9. The highest BCUT2D eigenvalue weighted by Gasteiger charge is 2.37. The van der Waals surface area contributed by atoms with Crippen LogP contribution in [0.25, 0.3) is 11.3 Å². The van der Waals surface area contributed by atoms with Crippen LogP contribution < -0.4 is 5.32 Å². The molecule has 2 unspecified atom stereocenters. The number of hydrogen-bond donors (Lipinski definition) is 2. The molecule has 1 fully saturated rings. The standard InChI is InChI=1S/C24H25FN4O3/c1-15-10-11-17(13-18(15)25)19-14-26-22(27-19)20-9-6-12-29(20)23(30)21(28-24(31)32-2)16-7-4-3-5-8-16/h3-5,7-8,10-11,13-14,20-21H,6,9,12H2,1-2H3,(H,26,27)(H,28,31). The number of benzene rings is 2. The normalized spacial score (nSPS) is 16.6. The maximum absolute atomic E-state index is 14.0. The van der Waals surface area contributed by atoms with Crippen molar-refractivity contribution in [2.24, 2.45) is 0 Å². The number of hydrogen-bond acceptors (Lipinski definition) is 4. The van der Waals surface area contributed by atoms with E-state index >= 15 is 0 Å². The zero-order chi connectivity index (χ0) is 22.7. The molecule has 166 valence electrons. The van der Waals surface area contributed by atoms with Gasteiger partial charge in [0.25, 0.3) is 5.91 Å². The molecule has 0 saturated carbocycles. The number of aryl methyl sites for hydroxylation is 1. The van der Waals surface area contributed by atoms with Gasteiger partial charge in [-0.3, -0.25) is 4.79 Å². The average Bonchev–Trinajstić information content (AvgIpc) is 3.49. The van der Waals surface area contributed by atoms with Crippen molar-refractivity contribution in [1.29, 1.82) is 0 Å². The lowest BCUT2D eigenvalue weighted by atomic mass is 10.1. The van der Waals surface area contributed by atoms with E-state index in [0.717, 1.165) is 12.8 Å². The average molecular weight is 436 g/mol. The van der Waals surface area contributed by atoms with Crippen LogP contribution in [0, 0.1) is 12.7 Å². The number of imidazole rings is 1. The zero-order valence-electron chi connectivity index (χ0n) is 18.0. The molecule has 0 spiro atoms. The van der Waals surface area contributed by atoms with Gasteiger partial charge in [-0.2, -0.15) is 0 Å². The molecule has 2 atom stereocenters. The van der Waals surface area contributed by atoms with Crippen molar-refractivity contribution in [2.45, 2.75) is 31.8 Å². The Morgan fingerprint density at radius 3 is 2.75 bits per heavy atom. The Morgan fingerprint density at radius 1 is 1.25 bits per heavy atom. The molecule has 0 bridgehead atoms. The minimum Gasteiger partial charge on any atom is -0.453 e. The fourth-order valence-corrected chi connectivity index (χ4v) is 4.00. The minimum atomic E-state index is -0.870. The highest BCUT2D eigenvalue weighted by Crippen LogP contribution is 2.34. The molecule has 32 heavy (non-hydrogen) atoms. The number of amides is 2. The molecule has 7 nitrogen and oxygen atoms in total. The van der Waals surface area contributed by atoms with E-state index in [4.69, 9.17) is 4.74 Å². The summed E-state index contributed by atoms with van der Waals surface area (Å²) >= 11 is 0. The number of likely N-dealkylation sites (tertiary alicyclic amines) is 1. The van der Waals surface area contributed by atoms with Gasteiger partial charge in [-0.05, 0) is 37.0 Å². The first-order chi connectivity index (χ1) is 15.5. The van der Waals surface area contributed by atoms with Crippen LogP contribution in [0.2, 0.25) is 0 Å². The van der Waals surface area contributed by atoms with Crippen LogP contribution in [0.5, 0.6) is 0 Å². The van der Waals surface area contributed by atoms with E-state index in [1.165, 1.54) is 13.2 Å². The van der Waals surface area contributed by atoms with Gasteiger partial charge in [-0.1, -0.05) is 42.5 Å². The number of nitrogens with zero attached hydrogens (tertiary/aromatic N) is 2. The molecule has 1 aliphatic rings. The number of aromatic nitrogens is 2. The monoisotopic (exact) mass is 436 g/mol. The SMILES string of the molecule is COC(=O)NC(C(=O)N1CCCC1c1ncc(-c2ccc(C)c(F)c2)[nH]1)c1ccccc1. The summed E-state index contributed by atoms with van der Waals surface area (Å²) in [5.74, 6) is 0.121. The van der Waals surface area contributed by atoms with E-state index < -0.39 is 12.1 Å². The van der Waals surface area contributed by atoms with E-state index in [2.05, 4.69) is 15.3 Å². The van der Waals surface area contributed by atoms with Gasteiger partial charge in [0.05, 0.1) is 25.0 Å². The number of ether oxygens (including phenoxy) is 1. The Labute approximate surface area is 185 Å². The molecule has 1 saturated heterocycles. The maximum Gasteiger partial charge on any atom is 0.407 e. The first-order valence-electron chi connectivity index (χ1n) is 10.5. The van der Waals surface area contributed by atoms with Crippen LogP contribution in [0.15, 0.2) is 54.7 Å². The predicted molar refractivity (Wildman–Crippen MR) is 117 cm³/mol. The Kier molecular flexibility index (Phi) is 6.20. The number of aromatic amines is 1. The lowest BCUT2D eigenvalue weighted by Gasteiger charge is -2.28. The summed E-state index contributed by atoms with van der Waals surface area (Å²) < 4.78 is 18.7. The minimum absolute atomic E-state index is 0.233. The molecule has 2 N–H and O–H groups in total. The van der Waals surface area contributed by atoms with Crippen molar-refractivity contribution in [3.8, 4) is 11.3 Å². The van der Waals surface area contributed by atoms with E-state index in [0.29, 0.717) is 34.8 Å². The van der Waals surface area contributed by atoms with Gasteiger partial charge in [0, 0.05) is 12.1 Å². The molecular formula is C24H25FN4O3. The molecule has 1 aromatic heterocycles. The molecule has 2 amide bonds. The molecule has 0 aliphatic carbocycles. The first-order valence-corrected chi connectivity index (χ1v) is 10.5. The summed E-state index contributed by atoms with van der Waals surface area (Å²) in [6, 6.07) is 12.9. The van der Waals surface area contributed by atoms with Gasteiger partial charge in [-0.25, -0.2) is 14.2 Å². The number of carbonyl (C=O) groups excluding carboxylic acids is 2. The second kappa shape index (κ2) is 9.21.